The molecule has 0 radical (unpaired) electrons. The summed E-state index contributed by atoms with van der Waals surface area (Å²) in [5.41, 5.74) is 0. The van der Waals surface area contributed by atoms with Gasteiger partial charge >= 0.3 is 5.97 Å². The summed E-state index contributed by atoms with van der Waals surface area (Å²) in [6.07, 6.45) is 108. The van der Waals surface area contributed by atoms with Crippen LogP contribution in [0.3, 0.4) is 0 Å². The number of rotatable bonds is 84. The quantitative estimate of drug-likeness (QED) is 0.0320. The van der Waals surface area contributed by atoms with E-state index < -0.39 is 12.1 Å². The van der Waals surface area contributed by atoms with Crippen molar-refractivity contribution in [2.24, 2.45) is 0 Å². The van der Waals surface area contributed by atoms with Crippen LogP contribution >= 0.6 is 0 Å². The Morgan fingerprint density at radius 3 is 0.755 bits per heavy atom. The average molecular weight is 1330 g/mol. The van der Waals surface area contributed by atoms with Crippen LogP contribution in [0.15, 0.2) is 12.2 Å². The van der Waals surface area contributed by atoms with Crippen LogP contribution in [-0.2, 0) is 14.3 Å². The van der Waals surface area contributed by atoms with Crippen LogP contribution in [0.25, 0.3) is 0 Å². The van der Waals surface area contributed by atoms with Gasteiger partial charge < -0.3 is 20.3 Å². The summed E-state index contributed by atoms with van der Waals surface area (Å²) < 4.78 is 5.52. The fraction of sp³-hybridized carbons (Fsp3) is 0.955. The molecule has 0 bridgehead atoms. The molecule has 0 aliphatic heterocycles. The highest BCUT2D eigenvalue weighted by atomic mass is 16.5. The third-order valence-corrected chi connectivity index (χ3v) is 21.1. The van der Waals surface area contributed by atoms with Gasteiger partial charge in [0.25, 0.3) is 0 Å². The van der Waals surface area contributed by atoms with Crippen molar-refractivity contribution in [2.45, 2.75) is 527 Å². The molecule has 0 aromatic rings. The van der Waals surface area contributed by atoms with Gasteiger partial charge in [-0.3, -0.25) is 9.59 Å². The number of hydrogen-bond donors (Lipinski definition) is 3. The normalized spacial score (nSPS) is 12.4. The smallest absolute Gasteiger partial charge is 0.305 e. The highest BCUT2D eigenvalue weighted by Crippen LogP contribution is 2.21. The van der Waals surface area contributed by atoms with E-state index in [2.05, 4.69) is 31.3 Å². The van der Waals surface area contributed by atoms with Crippen molar-refractivity contribution in [1.82, 2.24) is 5.32 Å². The number of amides is 1. The molecule has 0 aromatic carbocycles. The predicted molar refractivity (Wildman–Crippen MR) is 417 cm³/mol. The van der Waals surface area contributed by atoms with E-state index in [-0.39, 0.29) is 18.5 Å². The van der Waals surface area contributed by atoms with Crippen LogP contribution in [0, 0.1) is 0 Å². The van der Waals surface area contributed by atoms with Crippen LogP contribution in [0.4, 0.5) is 0 Å². The largest absolute Gasteiger partial charge is 0.466 e. The number of esters is 1. The van der Waals surface area contributed by atoms with Gasteiger partial charge in [-0.25, -0.2) is 0 Å². The molecular formula is C88H173NO5. The van der Waals surface area contributed by atoms with Crippen molar-refractivity contribution in [3.05, 3.63) is 12.2 Å². The first-order chi connectivity index (χ1) is 46.5. The zero-order valence-corrected chi connectivity index (χ0v) is 64.5. The lowest BCUT2D eigenvalue weighted by Crippen LogP contribution is -2.45. The SMILES string of the molecule is CCCCCCCC/C=C\CCCCCCCCCCCC(=O)OCCCCCCCCCCCCCCCCCCCCCCCCCCCCCCCCCCCC(=O)NC(CO)C(O)CCCCCCCCCCCCCCCCCCCCCCCCCCC. The first-order valence-electron chi connectivity index (χ1n) is 43.9. The van der Waals surface area contributed by atoms with Gasteiger partial charge in [0, 0.05) is 12.8 Å². The van der Waals surface area contributed by atoms with Crippen LogP contribution in [-0.4, -0.2) is 47.4 Å². The molecule has 6 nitrogen and oxygen atoms in total. The molecule has 2 unspecified atom stereocenters. The zero-order chi connectivity index (χ0) is 67.7. The first-order valence-corrected chi connectivity index (χ1v) is 43.9. The molecule has 0 aliphatic carbocycles. The molecule has 0 saturated carbocycles. The summed E-state index contributed by atoms with van der Waals surface area (Å²) in [5, 5.41) is 23.5. The lowest BCUT2D eigenvalue weighted by atomic mass is 10.0. The maximum atomic E-state index is 12.6. The number of carbonyl (C=O) groups is 2. The van der Waals surface area contributed by atoms with Crippen LogP contribution in [0.1, 0.15) is 515 Å². The van der Waals surface area contributed by atoms with Gasteiger partial charge in [-0.05, 0) is 51.4 Å². The molecule has 0 rings (SSSR count). The van der Waals surface area contributed by atoms with E-state index in [1.165, 1.54) is 443 Å². The van der Waals surface area contributed by atoms with Gasteiger partial charge in [0.2, 0.25) is 5.91 Å². The lowest BCUT2D eigenvalue weighted by molar-refractivity contribution is -0.143. The van der Waals surface area contributed by atoms with E-state index in [1.54, 1.807) is 0 Å². The van der Waals surface area contributed by atoms with Crippen molar-refractivity contribution in [3.63, 3.8) is 0 Å². The van der Waals surface area contributed by atoms with E-state index in [9.17, 15) is 19.8 Å². The van der Waals surface area contributed by atoms with E-state index in [4.69, 9.17) is 4.74 Å². The predicted octanol–water partition coefficient (Wildman–Crippen LogP) is 29.4. The minimum Gasteiger partial charge on any atom is -0.466 e. The van der Waals surface area contributed by atoms with Crippen molar-refractivity contribution in [3.8, 4) is 0 Å². The summed E-state index contributed by atoms with van der Waals surface area (Å²) in [6.45, 7) is 5.02. The van der Waals surface area contributed by atoms with Crippen molar-refractivity contribution < 1.29 is 24.5 Å². The summed E-state index contributed by atoms with van der Waals surface area (Å²) in [5.74, 6) is -0.000303. The molecule has 0 saturated heterocycles. The zero-order valence-electron chi connectivity index (χ0n) is 64.5. The molecule has 2 atom stereocenters. The van der Waals surface area contributed by atoms with Crippen LogP contribution in [0.2, 0.25) is 0 Å². The Labute approximate surface area is 590 Å². The number of aliphatic hydroxyl groups excluding tert-OH is 2. The Hall–Kier alpha value is -1.40. The minimum absolute atomic E-state index is 0.0229. The third-order valence-electron chi connectivity index (χ3n) is 21.1. The molecule has 0 aromatic heterocycles. The van der Waals surface area contributed by atoms with E-state index in [0.29, 0.717) is 25.9 Å². The van der Waals surface area contributed by atoms with Crippen molar-refractivity contribution in [2.75, 3.05) is 13.2 Å². The Kier molecular flexibility index (Phi) is 82.8. The number of allylic oxidation sites excluding steroid dienone is 2. The molecule has 0 spiro atoms. The third kappa shape index (κ3) is 79.6. The summed E-state index contributed by atoms with van der Waals surface area (Å²) in [4.78, 5) is 24.7. The number of ether oxygens (including phenoxy) is 1. The second-order valence-corrected chi connectivity index (χ2v) is 30.6. The molecule has 560 valence electrons. The second kappa shape index (κ2) is 84.0. The second-order valence-electron chi connectivity index (χ2n) is 30.6. The molecule has 0 heterocycles. The van der Waals surface area contributed by atoms with E-state index in [0.717, 1.165) is 38.5 Å². The lowest BCUT2D eigenvalue weighted by Gasteiger charge is -2.22. The number of aliphatic hydroxyl groups is 2. The minimum atomic E-state index is -0.662. The molecule has 1 amide bonds. The topological polar surface area (TPSA) is 95.9 Å². The fourth-order valence-electron chi connectivity index (χ4n) is 14.4. The van der Waals surface area contributed by atoms with E-state index in [1.807, 2.05) is 0 Å². The van der Waals surface area contributed by atoms with Gasteiger partial charge in [-0.1, -0.05) is 463 Å². The molecule has 0 aliphatic rings. The molecular weight excluding hydrogens is 1150 g/mol. The maximum Gasteiger partial charge on any atom is 0.305 e. The molecule has 0 fully saturated rings. The Balaban J connectivity index is 3.31. The summed E-state index contributed by atoms with van der Waals surface area (Å²) in [7, 11) is 0. The number of hydrogen-bond acceptors (Lipinski definition) is 5. The Morgan fingerprint density at radius 1 is 0.287 bits per heavy atom. The molecule has 94 heavy (non-hydrogen) atoms. The fourth-order valence-corrected chi connectivity index (χ4v) is 14.4. The van der Waals surface area contributed by atoms with Gasteiger partial charge in [0.15, 0.2) is 0 Å². The summed E-state index contributed by atoms with van der Waals surface area (Å²) in [6, 6.07) is -0.539. The van der Waals surface area contributed by atoms with Gasteiger partial charge in [0.05, 0.1) is 25.4 Å². The number of carbonyl (C=O) groups excluding carboxylic acids is 2. The maximum absolute atomic E-state index is 12.6. The molecule has 3 N–H and O–H groups in total. The molecule has 6 heteroatoms. The first kappa shape index (κ1) is 92.6. The van der Waals surface area contributed by atoms with Crippen molar-refractivity contribution >= 4 is 11.9 Å². The standard InChI is InChI=1S/C88H173NO5/c1-3-5-7-9-11-13-15-17-19-21-23-24-25-35-38-41-45-48-52-56-60-64-68-72-76-80-86(91)85(84-90)89-87(92)81-77-73-69-65-61-57-53-49-46-42-39-36-33-31-29-27-26-28-30-32-34-37-40-43-47-51-55-59-63-67-71-75-79-83-94-88(93)82-78-74-70-66-62-58-54-50-44-22-20-18-16-14-12-10-8-6-4-2/h18,20,85-86,90-91H,3-17,19,21-84H2,1-2H3,(H,89,92)/b20-18-. The van der Waals surface area contributed by atoms with Gasteiger partial charge in [-0.15, -0.1) is 0 Å². The Morgan fingerprint density at radius 2 is 0.500 bits per heavy atom. The van der Waals surface area contributed by atoms with E-state index >= 15 is 0 Å². The monoisotopic (exact) mass is 1320 g/mol. The number of unbranched alkanes of at least 4 members (excludes halogenated alkanes) is 71. The summed E-state index contributed by atoms with van der Waals surface area (Å²) >= 11 is 0. The van der Waals surface area contributed by atoms with Gasteiger partial charge in [0.1, 0.15) is 0 Å². The van der Waals surface area contributed by atoms with Gasteiger partial charge in [-0.2, -0.15) is 0 Å². The number of nitrogens with one attached hydrogen (secondary N) is 1. The average Bonchev–Trinajstić information content (AvgIpc) is 3.70. The van der Waals surface area contributed by atoms with Crippen molar-refractivity contribution in [1.29, 1.82) is 0 Å². The highest BCUT2D eigenvalue weighted by Gasteiger charge is 2.20. The Bertz CT molecular complexity index is 1430. The van der Waals surface area contributed by atoms with Crippen LogP contribution in [0.5, 0.6) is 0 Å². The van der Waals surface area contributed by atoms with Crippen LogP contribution < -0.4 is 5.32 Å². The highest BCUT2D eigenvalue weighted by molar-refractivity contribution is 5.76.